The number of fused-ring (bicyclic) bond motifs is 2. The third kappa shape index (κ3) is 4.85. The molecule has 1 fully saturated rings. The summed E-state index contributed by atoms with van der Waals surface area (Å²) in [4.78, 5) is 25.2. The number of H-pyrrole nitrogens is 1. The second kappa shape index (κ2) is 9.94. The number of ether oxygens (including phenoxy) is 2. The standard InChI is InChI=1S/C28H28N6O3/c1-29-28-32-15-18(16-33-28)14-31-21-5-6-24-20(12-21)11-19-3-2-4-23(27(19)37-24)25-17-34(9-10-36-25)22-7-8-30-26(35)13-22/h2-8,12-13,15-16,25,31H,9-11,14,17H2,1H3,(H,30,35)(H,29,32,33). The van der Waals surface area contributed by atoms with Gasteiger partial charge in [0.15, 0.2) is 0 Å². The Hall–Kier alpha value is -4.37. The molecule has 0 saturated carbocycles. The Kier molecular flexibility index (Phi) is 6.20. The van der Waals surface area contributed by atoms with Gasteiger partial charge in [0.2, 0.25) is 11.5 Å². The van der Waals surface area contributed by atoms with Crippen LogP contribution in [0.5, 0.6) is 11.5 Å². The van der Waals surface area contributed by atoms with Crippen molar-refractivity contribution in [3.05, 3.63) is 99.7 Å². The topological polar surface area (TPSA) is 104 Å². The molecule has 9 nitrogen and oxygen atoms in total. The number of hydrogen-bond donors (Lipinski definition) is 3. The van der Waals surface area contributed by atoms with E-state index < -0.39 is 0 Å². The van der Waals surface area contributed by atoms with Crippen molar-refractivity contribution in [1.29, 1.82) is 0 Å². The summed E-state index contributed by atoms with van der Waals surface area (Å²) in [6, 6.07) is 16.0. The van der Waals surface area contributed by atoms with Gasteiger partial charge in [-0.25, -0.2) is 9.97 Å². The number of morpholine rings is 1. The molecule has 0 bridgehead atoms. The molecule has 0 spiro atoms. The molecule has 0 amide bonds. The third-order valence-corrected chi connectivity index (χ3v) is 6.74. The highest BCUT2D eigenvalue weighted by Gasteiger charge is 2.28. The van der Waals surface area contributed by atoms with E-state index in [-0.39, 0.29) is 11.7 Å². The van der Waals surface area contributed by atoms with E-state index in [1.807, 2.05) is 30.6 Å². The Balaban J connectivity index is 1.18. The predicted octanol–water partition coefficient (Wildman–Crippen LogP) is 4.09. The molecule has 4 aromatic rings. The molecular weight excluding hydrogens is 468 g/mol. The molecule has 0 radical (unpaired) electrons. The van der Waals surface area contributed by atoms with Crippen LogP contribution in [0.4, 0.5) is 17.3 Å². The van der Waals surface area contributed by atoms with Crippen molar-refractivity contribution in [3.63, 3.8) is 0 Å². The van der Waals surface area contributed by atoms with Crippen LogP contribution in [0.1, 0.15) is 28.4 Å². The molecule has 1 atom stereocenters. The lowest BCUT2D eigenvalue weighted by Crippen LogP contribution is -2.39. The van der Waals surface area contributed by atoms with Gasteiger partial charge in [-0.15, -0.1) is 0 Å². The maximum Gasteiger partial charge on any atom is 0.249 e. The maximum absolute atomic E-state index is 11.8. The van der Waals surface area contributed by atoms with E-state index in [0.29, 0.717) is 25.6 Å². The van der Waals surface area contributed by atoms with Crippen LogP contribution in [0.3, 0.4) is 0 Å². The molecule has 188 valence electrons. The number of para-hydroxylation sites is 1. The zero-order valence-corrected chi connectivity index (χ0v) is 20.5. The van der Waals surface area contributed by atoms with Crippen molar-refractivity contribution in [3.8, 4) is 11.5 Å². The second-order valence-corrected chi connectivity index (χ2v) is 9.17. The molecule has 2 aromatic carbocycles. The van der Waals surface area contributed by atoms with Gasteiger partial charge < -0.3 is 30.0 Å². The molecule has 6 rings (SSSR count). The number of rotatable bonds is 6. The number of hydrogen-bond acceptors (Lipinski definition) is 8. The fourth-order valence-electron chi connectivity index (χ4n) is 4.85. The Bertz CT molecular complexity index is 1470. The fourth-order valence-corrected chi connectivity index (χ4v) is 4.85. The smallest absolute Gasteiger partial charge is 0.249 e. The summed E-state index contributed by atoms with van der Waals surface area (Å²) >= 11 is 0. The van der Waals surface area contributed by atoms with Gasteiger partial charge in [-0.3, -0.25) is 4.79 Å². The molecule has 1 saturated heterocycles. The Labute approximate surface area is 214 Å². The van der Waals surface area contributed by atoms with Crippen molar-refractivity contribution < 1.29 is 9.47 Å². The van der Waals surface area contributed by atoms with Gasteiger partial charge in [0.25, 0.3) is 0 Å². The summed E-state index contributed by atoms with van der Waals surface area (Å²) in [5, 5.41) is 6.38. The number of pyridine rings is 1. The van der Waals surface area contributed by atoms with E-state index in [4.69, 9.17) is 9.47 Å². The molecule has 9 heteroatoms. The van der Waals surface area contributed by atoms with E-state index in [9.17, 15) is 4.79 Å². The van der Waals surface area contributed by atoms with Crippen LogP contribution in [0.15, 0.2) is 71.9 Å². The Morgan fingerprint density at radius 1 is 1.11 bits per heavy atom. The molecule has 4 heterocycles. The monoisotopic (exact) mass is 496 g/mol. The number of nitrogens with one attached hydrogen (secondary N) is 3. The number of aromatic nitrogens is 3. The maximum atomic E-state index is 11.8. The molecule has 1 unspecified atom stereocenters. The molecule has 0 aliphatic carbocycles. The summed E-state index contributed by atoms with van der Waals surface area (Å²) in [6.07, 6.45) is 5.94. The minimum Gasteiger partial charge on any atom is -0.456 e. The normalized spacial score (nSPS) is 16.4. The first-order valence-electron chi connectivity index (χ1n) is 12.4. The number of aromatic amines is 1. The van der Waals surface area contributed by atoms with E-state index in [0.717, 1.165) is 58.1 Å². The number of anilines is 3. The fraction of sp³-hybridized carbons (Fsp3) is 0.250. The highest BCUT2D eigenvalue weighted by atomic mass is 16.5. The molecule has 2 aromatic heterocycles. The van der Waals surface area contributed by atoms with Gasteiger partial charge in [0, 0.05) is 85.8 Å². The molecule has 2 aliphatic heterocycles. The van der Waals surface area contributed by atoms with Gasteiger partial charge in [-0.05, 0) is 29.8 Å². The highest BCUT2D eigenvalue weighted by Crippen LogP contribution is 2.43. The van der Waals surface area contributed by atoms with Crippen LogP contribution in [0.25, 0.3) is 0 Å². The van der Waals surface area contributed by atoms with Crippen LogP contribution >= 0.6 is 0 Å². The van der Waals surface area contributed by atoms with Gasteiger partial charge >= 0.3 is 0 Å². The van der Waals surface area contributed by atoms with Crippen molar-refractivity contribution in [2.24, 2.45) is 0 Å². The van der Waals surface area contributed by atoms with Gasteiger partial charge in [-0.1, -0.05) is 18.2 Å². The zero-order valence-electron chi connectivity index (χ0n) is 20.5. The van der Waals surface area contributed by atoms with Crippen molar-refractivity contribution >= 4 is 17.3 Å². The second-order valence-electron chi connectivity index (χ2n) is 9.17. The zero-order chi connectivity index (χ0) is 25.2. The summed E-state index contributed by atoms with van der Waals surface area (Å²) in [6.45, 7) is 2.60. The van der Waals surface area contributed by atoms with Crippen LogP contribution < -0.4 is 25.8 Å². The molecule has 2 aliphatic rings. The van der Waals surface area contributed by atoms with E-state index in [1.165, 1.54) is 0 Å². The SMILES string of the molecule is CNc1ncc(CNc2ccc3c(c2)Cc2cccc(C4CN(c5cc[nH]c(=O)c5)CCO4)c2O3)cn1. The lowest BCUT2D eigenvalue weighted by Gasteiger charge is -2.36. The van der Waals surface area contributed by atoms with Crippen molar-refractivity contribution in [2.75, 3.05) is 42.3 Å². The van der Waals surface area contributed by atoms with Gasteiger partial charge in [0.1, 0.15) is 17.6 Å². The summed E-state index contributed by atoms with van der Waals surface area (Å²) < 4.78 is 12.6. The summed E-state index contributed by atoms with van der Waals surface area (Å²) in [5.74, 6) is 2.33. The van der Waals surface area contributed by atoms with Crippen LogP contribution in [0, 0.1) is 0 Å². The first-order valence-corrected chi connectivity index (χ1v) is 12.4. The Morgan fingerprint density at radius 2 is 2.00 bits per heavy atom. The lowest BCUT2D eigenvalue weighted by atomic mass is 9.95. The number of nitrogens with zero attached hydrogens (tertiary/aromatic N) is 3. The molecule has 37 heavy (non-hydrogen) atoms. The van der Waals surface area contributed by atoms with Crippen LogP contribution in [-0.4, -0.2) is 41.7 Å². The highest BCUT2D eigenvalue weighted by molar-refractivity contribution is 5.59. The lowest BCUT2D eigenvalue weighted by molar-refractivity contribution is 0.0384. The first kappa shape index (κ1) is 23.1. The van der Waals surface area contributed by atoms with Gasteiger partial charge in [0.05, 0.1) is 6.61 Å². The largest absolute Gasteiger partial charge is 0.456 e. The summed E-state index contributed by atoms with van der Waals surface area (Å²) in [7, 11) is 1.80. The average molecular weight is 497 g/mol. The van der Waals surface area contributed by atoms with Crippen LogP contribution in [0.2, 0.25) is 0 Å². The van der Waals surface area contributed by atoms with Crippen molar-refractivity contribution in [1.82, 2.24) is 15.0 Å². The van der Waals surface area contributed by atoms with E-state index >= 15 is 0 Å². The van der Waals surface area contributed by atoms with E-state index in [1.54, 1.807) is 19.3 Å². The molecular formula is C28H28N6O3. The number of benzene rings is 2. The molecule has 3 N–H and O–H groups in total. The average Bonchev–Trinajstić information content (AvgIpc) is 2.95. The van der Waals surface area contributed by atoms with Gasteiger partial charge in [-0.2, -0.15) is 0 Å². The first-order chi connectivity index (χ1) is 18.2. The minimum absolute atomic E-state index is 0.105. The predicted molar refractivity (Wildman–Crippen MR) is 143 cm³/mol. The summed E-state index contributed by atoms with van der Waals surface area (Å²) in [5.41, 5.74) is 6.11. The Morgan fingerprint density at radius 3 is 2.84 bits per heavy atom. The quantitative estimate of drug-likeness (QED) is 0.323. The van der Waals surface area contributed by atoms with Crippen LogP contribution in [-0.2, 0) is 17.7 Å². The van der Waals surface area contributed by atoms with Crippen molar-refractivity contribution in [2.45, 2.75) is 19.1 Å². The minimum atomic E-state index is -0.151. The third-order valence-electron chi connectivity index (χ3n) is 6.74. The van der Waals surface area contributed by atoms with E-state index in [2.05, 4.69) is 54.8 Å².